The second-order valence-electron chi connectivity index (χ2n) is 5.85. The third-order valence-electron chi connectivity index (χ3n) is 3.94. The summed E-state index contributed by atoms with van der Waals surface area (Å²) in [5.41, 5.74) is -0.136. The number of carbonyl (C=O) groups is 1. The van der Waals surface area contributed by atoms with Crippen LogP contribution < -0.4 is 10.9 Å². The fourth-order valence-electron chi connectivity index (χ4n) is 2.53. The van der Waals surface area contributed by atoms with Crippen LogP contribution in [0.2, 0.25) is 5.02 Å². The second kappa shape index (κ2) is 8.01. The van der Waals surface area contributed by atoms with Crippen LogP contribution in [0.4, 0.5) is 15.8 Å². The zero-order valence-corrected chi connectivity index (χ0v) is 15.0. The Kier molecular flexibility index (Phi) is 5.51. The molecule has 7 nitrogen and oxygen atoms in total. The molecule has 3 rings (SSSR count). The Bertz CT molecular complexity index is 1130. The van der Waals surface area contributed by atoms with Crippen molar-refractivity contribution in [1.29, 1.82) is 0 Å². The van der Waals surface area contributed by atoms with E-state index in [0.717, 1.165) is 6.07 Å². The van der Waals surface area contributed by atoms with E-state index in [9.17, 15) is 24.1 Å². The molecule has 0 spiro atoms. The van der Waals surface area contributed by atoms with Crippen molar-refractivity contribution < 1.29 is 14.1 Å². The van der Waals surface area contributed by atoms with Crippen molar-refractivity contribution in [1.82, 2.24) is 4.57 Å². The van der Waals surface area contributed by atoms with Gasteiger partial charge in [0.05, 0.1) is 17.0 Å². The SMILES string of the molecule is O=C(Nc1ccc(Cl)c([N+](=O)[O-])c1)c1ccc(=O)n(Cc2ccccc2F)c1. The summed E-state index contributed by atoms with van der Waals surface area (Å²) < 4.78 is 15.0. The molecule has 1 N–H and O–H groups in total. The van der Waals surface area contributed by atoms with Gasteiger partial charge in [0.25, 0.3) is 17.2 Å². The van der Waals surface area contributed by atoms with E-state index in [1.54, 1.807) is 12.1 Å². The monoisotopic (exact) mass is 401 g/mol. The average molecular weight is 402 g/mol. The largest absolute Gasteiger partial charge is 0.322 e. The van der Waals surface area contributed by atoms with Crippen molar-refractivity contribution in [2.24, 2.45) is 0 Å². The number of hydrogen-bond acceptors (Lipinski definition) is 4. The first-order valence-corrected chi connectivity index (χ1v) is 8.42. The molecule has 9 heteroatoms. The van der Waals surface area contributed by atoms with Crippen molar-refractivity contribution >= 4 is 28.9 Å². The molecule has 0 fully saturated rings. The Labute approximate surface area is 163 Å². The number of rotatable bonds is 5. The zero-order valence-electron chi connectivity index (χ0n) is 14.3. The number of benzene rings is 2. The number of nitrogens with zero attached hydrogens (tertiary/aromatic N) is 2. The number of amides is 1. The van der Waals surface area contributed by atoms with Gasteiger partial charge in [0.2, 0.25) is 0 Å². The lowest BCUT2D eigenvalue weighted by Crippen LogP contribution is -2.23. The highest BCUT2D eigenvalue weighted by molar-refractivity contribution is 6.32. The van der Waals surface area contributed by atoms with Crippen LogP contribution in [-0.2, 0) is 6.54 Å². The Balaban J connectivity index is 1.85. The van der Waals surface area contributed by atoms with Crippen LogP contribution in [0.1, 0.15) is 15.9 Å². The summed E-state index contributed by atoms with van der Waals surface area (Å²) in [7, 11) is 0. The third-order valence-corrected chi connectivity index (χ3v) is 4.26. The maximum absolute atomic E-state index is 13.8. The maximum atomic E-state index is 13.8. The fourth-order valence-corrected chi connectivity index (χ4v) is 2.72. The van der Waals surface area contributed by atoms with Crippen molar-refractivity contribution in [3.8, 4) is 0 Å². The van der Waals surface area contributed by atoms with E-state index in [1.165, 1.54) is 47.2 Å². The molecule has 28 heavy (non-hydrogen) atoms. The van der Waals surface area contributed by atoms with Gasteiger partial charge in [-0.2, -0.15) is 0 Å². The van der Waals surface area contributed by atoms with E-state index in [4.69, 9.17) is 11.6 Å². The molecular weight excluding hydrogens is 389 g/mol. The summed E-state index contributed by atoms with van der Waals surface area (Å²) in [4.78, 5) is 34.8. The first kappa shape index (κ1) is 19.2. The van der Waals surface area contributed by atoms with E-state index in [0.29, 0.717) is 5.56 Å². The van der Waals surface area contributed by atoms with Gasteiger partial charge in [-0.25, -0.2) is 4.39 Å². The fraction of sp³-hybridized carbons (Fsp3) is 0.0526. The Morgan fingerprint density at radius 2 is 1.93 bits per heavy atom. The average Bonchev–Trinajstić information content (AvgIpc) is 2.66. The predicted molar refractivity (Wildman–Crippen MR) is 102 cm³/mol. The van der Waals surface area contributed by atoms with Gasteiger partial charge in [-0.1, -0.05) is 29.8 Å². The molecule has 0 atom stereocenters. The van der Waals surface area contributed by atoms with Crippen molar-refractivity contribution in [2.75, 3.05) is 5.32 Å². The Morgan fingerprint density at radius 3 is 2.64 bits per heavy atom. The maximum Gasteiger partial charge on any atom is 0.289 e. The van der Waals surface area contributed by atoms with Crippen molar-refractivity contribution in [3.05, 3.63) is 103 Å². The third kappa shape index (κ3) is 4.24. The van der Waals surface area contributed by atoms with Gasteiger partial charge in [-0.15, -0.1) is 0 Å². The molecule has 0 radical (unpaired) electrons. The van der Waals surface area contributed by atoms with Crippen LogP contribution >= 0.6 is 11.6 Å². The van der Waals surface area contributed by atoms with Crippen molar-refractivity contribution in [2.45, 2.75) is 6.54 Å². The summed E-state index contributed by atoms with van der Waals surface area (Å²) in [6.07, 6.45) is 1.30. The highest BCUT2D eigenvalue weighted by Crippen LogP contribution is 2.27. The summed E-state index contributed by atoms with van der Waals surface area (Å²) in [5.74, 6) is -1.04. The molecule has 1 heterocycles. The normalized spacial score (nSPS) is 10.5. The highest BCUT2D eigenvalue weighted by atomic mass is 35.5. The molecular formula is C19H13ClFN3O4. The summed E-state index contributed by atoms with van der Waals surface area (Å²) in [6.45, 7) is -0.0426. The van der Waals surface area contributed by atoms with E-state index >= 15 is 0 Å². The van der Waals surface area contributed by atoms with Gasteiger partial charge < -0.3 is 9.88 Å². The minimum absolute atomic E-state index is 0.0426. The lowest BCUT2D eigenvalue weighted by Gasteiger charge is -2.10. The highest BCUT2D eigenvalue weighted by Gasteiger charge is 2.15. The number of hydrogen-bond donors (Lipinski definition) is 1. The molecule has 0 aliphatic heterocycles. The molecule has 1 amide bonds. The molecule has 0 aliphatic rings. The van der Waals surface area contributed by atoms with Crippen LogP contribution in [-0.4, -0.2) is 15.4 Å². The van der Waals surface area contributed by atoms with Gasteiger partial charge in [0.1, 0.15) is 10.8 Å². The summed E-state index contributed by atoms with van der Waals surface area (Å²) in [5, 5.41) is 13.4. The molecule has 3 aromatic rings. The lowest BCUT2D eigenvalue weighted by atomic mass is 10.2. The Hall–Kier alpha value is -3.52. The molecule has 1 aromatic heterocycles. The first-order chi connectivity index (χ1) is 13.3. The number of nitro groups is 1. The number of pyridine rings is 1. The Morgan fingerprint density at radius 1 is 1.18 bits per heavy atom. The van der Waals surface area contributed by atoms with E-state index in [1.807, 2.05) is 0 Å². The zero-order chi connectivity index (χ0) is 20.3. The molecule has 0 saturated carbocycles. The number of nitrogens with one attached hydrogen (secondary N) is 1. The topological polar surface area (TPSA) is 94.2 Å². The predicted octanol–water partition coefficient (Wildman–Crippen LogP) is 3.85. The molecule has 2 aromatic carbocycles. The van der Waals surface area contributed by atoms with E-state index in [2.05, 4.69) is 5.32 Å². The number of nitro benzene ring substituents is 1. The minimum atomic E-state index is -0.660. The van der Waals surface area contributed by atoms with Crippen LogP contribution in [0.5, 0.6) is 0 Å². The van der Waals surface area contributed by atoms with Crippen LogP contribution in [0, 0.1) is 15.9 Å². The number of aromatic nitrogens is 1. The smallest absolute Gasteiger partial charge is 0.289 e. The number of halogens is 2. The number of carbonyl (C=O) groups excluding carboxylic acids is 1. The van der Waals surface area contributed by atoms with Gasteiger partial charge in [-0.05, 0) is 24.3 Å². The summed E-state index contributed by atoms with van der Waals surface area (Å²) in [6, 6.07) is 12.4. The minimum Gasteiger partial charge on any atom is -0.322 e. The lowest BCUT2D eigenvalue weighted by molar-refractivity contribution is -0.384. The number of anilines is 1. The van der Waals surface area contributed by atoms with Gasteiger partial charge >= 0.3 is 0 Å². The molecule has 0 bridgehead atoms. The first-order valence-electron chi connectivity index (χ1n) is 8.04. The molecule has 0 saturated heterocycles. The van der Waals surface area contributed by atoms with Crippen LogP contribution in [0.25, 0.3) is 0 Å². The molecule has 142 valence electrons. The van der Waals surface area contributed by atoms with Gasteiger partial charge in [-0.3, -0.25) is 19.7 Å². The standard InChI is InChI=1S/C19H13ClFN3O4/c20-15-7-6-14(9-17(15)24(27)28)22-19(26)13-5-8-18(25)23(11-13)10-12-3-1-2-4-16(12)21/h1-9,11H,10H2,(H,22,26). The quantitative estimate of drug-likeness (QED) is 0.519. The van der Waals surface area contributed by atoms with E-state index < -0.39 is 22.2 Å². The molecule has 0 unspecified atom stereocenters. The van der Waals surface area contributed by atoms with E-state index in [-0.39, 0.29) is 28.5 Å². The van der Waals surface area contributed by atoms with Gasteiger partial charge in [0.15, 0.2) is 0 Å². The second-order valence-corrected chi connectivity index (χ2v) is 6.26. The molecule has 0 aliphatic carbocycles. The van der Waals surface area contributed by atoms with Crippen LogP contribution in [0.3, 0.4) is 0 Å². The summed E-state index contributed by atoms with van der Waals surface area (Å²) >= 11 is 5.75. The van der Waals surface area contributed by atoms with Crippen LogP contribution in [0.15, 0.2) is 65.6 Å². The van der Waals surface area contributed by atoms with Crippen molar-refractivity contribution in [3.63, 3.8) is 0 Å². The van der Waals surface area contributed by atoms with Gasteiger partial charge in [0, 0.05) is 29.6 Å².